The van der Waals surface area contributed by atoms with Crippen molar-refractivity contribution in [1.29, 1.82) is 0 Å². The van der Waals surface area contributed by atoms with Crippen LogP contribution in [0.5, 0.6) is 46.0 Å². The monoisotopic (exact) mass is 720 g/mol. The molecule has 0 aromatic heterocycles. The van der Waals surface area contributed by atoms with Crippen molar-refractivity contribution < 1.29 is 79.7 Å². The second kappa shape index (κ2) is 14.6. The minimum atomic E-state index is -1.91. The molecule has 1 aliphatic carbocycles. The van der Waals surface area contributed by atoms with Gasteiger partial charge in [0.25, 0.3) is 0 Å². The summed E-state index contributed by atoms with van der Waals surface area (Å²) in [7, 11) is 0. The summed E-state index contributed by atoms with van der Waals surface area (Å²) in [5, 5.41) is 99.6. The molecule has 1 aliphatic rings. The Morgan fingerprint density at radius 3 is 1.06 bits per heavy atom. The van der Waals surface area contributed by atoms with Crippen LogP contribution in [0.3, 0.4) is 0 Å². The van der Waals surface area contributed by atoms with Gasteiger partial charge in [-0.1, -0.05) is 24.3 Å². The summed E-state index contributed by atoms with van der Waals surface area (Å²) in [5.41, 5.74) is 0.538. The Morgan fingerprint density at radius 1 is 0.462 bits per heavy atom. The third-order valence-corrected chi connectivity index (χ3v) is 8.85. The van der Waals surface area contributed by atoms with Gasteiger partial charge in [0.05, 0.1) is 11.8 Å². The first kappa shape index (κ1) is 36.4. The van der Waals surface area contributed by atoms with Gasteiger partial charge in [-0.3, -0.25) is 9.59 Å². The summed E-state index contributed by atoms with van der Waals surface area (Å²) in [5.74, 6) is -15.9. The molecule has 0 heterocycles. The minimum Gasteiger partial charge on any atom is -0.504 e. The molecule has 52 heavy (non-hydrogen) atoms. The maximum absolute atomic E-state index is 14.0. The van der Waals surface area contributed by atoms with Crippen LogP contribution in [0, 0.1) is 11.8 Å². The number of phenolic OH excluding ortho intramolecular Hbond substituents is 8. The van der Waals surface area contributed by atoms with E-state index >= 15 is 0 Å². The highest BCUT2D eigenvalue weighted by atomic mass is 16.6. The summed E-state index contributed by atoms with van der Waals surface area (Å²) in [6.07, 6.45) is -4.82. The molecule has 0 unspecified atom stereocenters. The third-order valence-electron chi connectivity index (χ3n) is 8.85. The predicted molar refractivity (Wildman–Crippen MR) is 174 cm³/mol. The van der Waals surface area contributed by atoms with Crippen LogP contribution >= 0.6 is 0 Å². The molecule has 0 radical (unpaired) electrons. The van der Waals surface area contributed by atoms with Gasteiger partial charge in [-0.2, -0.15) is 0 Å². The number of rotatable bonds is 12. The molecule has 6 atom stereocenters. The van der Waals surface area contributed by atoms with Crippen molar-refractivity contribution >= 4 is 23.9 Å². The van der Waals surface area contributed by atoms with Gasteiger partial charge in [0.15, 0.2) is 46.0 Å². The zero-order valence-corrected chi connectivity index (χ0v) is 26.7. The number of carboxylic acid groups (broad SMARTS) is 2. The van der Waals surface area contributed by atoms with Crippen molar-refractivity contribution in [3.63, 3.8) is 0 Å². The number of aromatic hydroxyl groups is 8. The summed E-state index contributed by atoms with van der Waals surface area (Å²) >= 11 is 0. The van der Waals surface area contributed by atoms with E-state index < -0.39 is 119 Å². The first-order chi connectivity index (χ1) is 24.5. The standard InChI is InChI=1S/C36H32O16/c37-19-5-1-15(9-23(19)41)11-27(33(45)46)51-35(49)31-29(17-3-7-21(39)25(43)13-17)30(18-4-8-22(40)26(44)14-18)32(31)36(50)52-28(34(47)48)12-16-2-6-20(38)24(42)10-16/h1-10,13-14,27-32,37-44H,11-12H2,(H,45,46)(H,47,48)/t27-,28+,29-,30+,31-,32-/m0/s1. The number of phenols is 8. The molecule has 16 nitrogen and oxygen atoms in total. The second-order valence-electron chi connectivity index (χ2n) is 12.2. The number of hydrogen-bond acceptors (Lipinski definition) is 14. The topological polar surface area (TPSA) is 289 Å². The lowest BCUT2D eigenvalue weighted by molar-refractivity contribution is -0.184. The fourth-order valence-corrected chi connectivity index (χ4v) is 6.28. The first-order valence-corrected chi connectivity index (χ1v) is 15.5. The Labute approximate surface area is 293 Å². The maximum atomic E-state index is 14.0. The molecule has 4 aromatic carbocycles. The highest BCUT2D eigenvalue weighted by molar-refractivity contribution is 5.90. The SMILES string of the molecule is O=C(O[C@@H](Cc1ccc(O)c(O)c1)C(=O)O)[C@@H]1[C@@H](C(=O)O[C@H](Cc2ccc(O)c(O)c2)C(=O)O)[C@H](c2ccc(O)c(O)c2)[C@@H]1c1ccc(O)c(O)c1. The van der Waals surface area contributed by atoms with Crippen molar-refractivity contribution in [2.75, 3.05) is 0 Å². The van der Waals surface area contributed by atoms with E-state index in [0.717, 1.165) is 48.5 Å². The lowest BCUT2D eigenvalue weighted by Gasteiger charge is -2.50. The van der Waals surface area contributed by atoms with Gasteiger partial charge in [0, 0.05) is 24.7 Å². The normalized spacial score (nSPS) is 19.1. The molecule has 4 aromatic rings. The smallest absolute Gasteiger partial charge is 0.345 e. The summed E-state index contributed by atoms with van der Waals surface area (Å²) < 4.78 is 10.8. The Hall–Kier alpha value is -6.84. The highest BCUT2D eigenvalue weighted by Crippen LogP contribution is 2.60. The predicted octanol–water partition coefficient (Wildman–Crippen LogP) is 2.92. The molecule has 0 saturated heterocycles. The van der Waals surface area contributed by atoms with E-state index in [1.54, 1.807) is 0 Å². The molecule has 0 spiro atoms. The minimum absolute atomic E-state index is 0.128. The lowest BCUT2D eigenvalue weighted by Crippen LogP contribution is -2.54. The number of aliphatic carboxylic acids is 2. The molecular weight excluding hydrogens is 688 g/mol. The number of carbonyl (C=O) groups excluding carboxylic acids is 2. The van der Waals surface area contributed by atoms with E-state index in [2.05, 4.69) is 0 Å². The van der Waals surface area contributed by atoms with Crippen molar-refractivity contribution in [1.82, 2.24) is 0 Å². The number of ether oxygens (including phenoxy) is 2. The van der Waals surface area contributed by atoms with Gasteiger partial charge in [0.1, 0.15) is 0 Å². The fourth-order valence-electron chi connectivity index (χ4n) is 6.28. The quantitative estimate of drug-likeness (QED) is 0.0743. The molecule has 0 bridgehead atoms. The van der Waals surface area contributed by atoms with Crippen LogP contribution in [0.4, 0.5) is 0 Å². The van der Waals surface area contributed by atoms with Crippen LogP contribution < -0.4 is 0 Å². The van der Waals surface area contributed by atoms with Gasteiger partial charge >= 0.3 is 23.9 Å². The Morgan fingerprint density at radius 2 is 0.769 bits per heavy atom. The van der Waals surface area contributed by atoms with Crippen molar-refractivity contribution in [3.05, 3.63) is 95.1 Å². The van der Waals surface area contributed by atoms with Crippen LogP contribution in [0.1, 0.15) is 34.1 Å². The summed E-state index contributed by atoms with van der Waals surface area (Å²) in [6, 6.07) is 13.8. The Balaban J connectivity index is 1.56. The summed E-state index contributed by atoms with van der Waals surface area (Å²) in [4.78, 5) is 52.6. The molecule has 16 heteroatoms. The van der Waals surface area contributed by atoms with Gasteiger partial charge < -0.3 is 60.5 Å². The van der Waals surface area contributed by atoms with Crippen LogP contribution in [0.15, 0.2) is 72.8 Å². The fraction of sp³-hybridized carbons (Fsp3) is 0.222. The van der Waals surface area contributed by atoms with E-state index in [0.29, 0.717) is 0 Å². The molecule has 1 fully saturated rings. The Bertz CT molecular complexity index is 1900. The first-order valence-electron chi connectivity index (χ1n) is 15.5. The number of carbonyl (C=O) groups is 4. The highest BCUT2D eigenvalue weighted by Gasteiger charge is 2.60. The molecule has 0 amide bonds. The molecule has 5 rings (SSSR count). The zero-order valence-electron chi connectivity index (χ0n) is 26.7. The average Bonchev–Trinajstić information content (AvgIpc) is 3.06. The second-order valence-corrected chi connectivity index (χ2v) is 12.2. The van der Waals surface area contributed by atoms with E-state index in [4.69, 9.17) is 9.47 Å². The van der Waals surface area contributed by atoms with Crippen molar-refractivity contribution in [2.45, 2.75) is 36.9 Å². The van der Waals surface area contributed by atoms with Crippen LogP contribution in [-0.2, 0) is 41.5 Å². The van der Waals surface area contributed by atoms with E-state index in [9.17, 15) is 70.2 Å². The molecule has 1 saturated carbocycles. The van der Waals surface area contributed by atoms with Crippen molar-refractivity contribution in [3.8, 4) is 46.0 Å². The molecule has 272 valence electrons. The van der Waals surface area contributed by atoms with Crippen LogP contribution in [0.25, 0.3) is 0 Å². The van der Waals surface area contributed by atoms with Crippen LogP contribution in [-0.4, -0.2) is 87.2 Å². The largest absolute Gasteiger partial charge is 0.504 e. The van der Waals surface area contributed by atoms with Gasteiger partial charge in [-0.25, -0.2) is 9.59 Å². The lowest BCUT2D eigenvalue weighted by atomic mass is 9.52. The van der Waals surface area contributed by atoms with Crippen LogP contribution in [0.2, 0.25) is 0 Å². The maximum Gasteiger partial charge on any atom is 0.345 e. The number of hydrogen-bond donors (Lipinski definition) is 10. The zero-order chi connectivity index (χ0) is 38.0. The summed E-state index contributed by atoms with van der Waals surface area (Å²) in [6.45, 7) is 0. The van der Waals surface area contributed by atoms with Crippen molar-refractivity contribution in [2.24, 2.45) is 11.8 Å². The number of carboxylic acids is 2. The molecule has 0 aliphatic heterocycles. The van der Waals surface area contributed by atoms with Gasteiger partial charge in [-0.15, -0.1) is 0 Å². The average molecular weight is 721 g/mol. The third kappa shape index (κ3) is 7.50. The number of benzene rings is 4. The number of esters is 2. The van der Waals surface area contributed by atoms with Gasteiger partial charge in [-0.05, 0) is 70.8 Å². The van der Waals surface area contributed by atoms with E-state index in [1.807, 2.05) is 0 Å². The van der Waals surface area contributed by atoms with E-state index in [1.165, 1.54) is 24.3 Å². The Kier molecular flexibility index (Phi) is 10.2. The molecule has 10 N–H and O–H groups in total. The van der Waals surface area contributed by atoms with Gasteiger partial charge in [0.2, 0.25) is 12.2 Å². The molecular formula is C36H32O16. The van der Waals surface area contributed by atoms with E-state index in [-0.39, 0.29) is 22.3 Å².